The van der Waals surface area contributed by atoms with Crippen LogP contribution in [0, 0.1) is 0 Å². The summed E-state index contributed by atoms with van der Waals surface area (Å²) in [5.41, 5.74) is 0.0809. The van der Waals surface area contributed by atoms with Gasteiger partial charge in [-0.2, -0.15) is 13.2 Å². The molecule has 182 valence electrons. The molecule has 4 rings (SSSR count). The van der Waals surface area contributed by atoms with Gasteiger partial charge in [0, 0.05) is 20.1 Å². The molecule has 7 nitrogen and oxygen atoms in total. The first-order chi connectivity index (χ1) is 16.2. The Morgan fingerprint density at radius 3 is 2.68 bits per heavy atom. The molecule has 0 N–H and O–H groups in total. The van der Waals surface area contributed by atoms with Gasteiger partial charge in [-0.15, -0.1) is 0 Å². The van der Waals surface area contributed by atoms with Crippen LogP contribution in [0.2, 0.25) is 0 Å². The van der Waals surface area contributed by atoms with Crippen LogP contribution in [0.25, 0.3) is 10.3 Å². The Bertz CT molecular complexity index is 1230. The van der Waals surface area contributed by atoms with Gasteiger partial charge in [-0.3, -0.25) is 14.2 Å². The average molecular weight is 495 g/mol. The maximum Gasteiger partial charge on any atom is 0.449 e. The Balaban J connectivity index is 1.64. The molecule has 0 unspecified atom stereocenters. The standard InChI is InChI=1S/C23H25F3N4O3S/c1-14(15-7-4-3-5-8-15)13-17(31)16-9-6-10-29(16)22-27-18-19(34-22)28-21(23(24,25)26)30(20(18)32)11-12-33-2/h3-5,7-8,14,16H,6,9-13H2,1-2H3/t14-,16+/m0/s1. The lowest BCUT2D eigenvalue weighted by Crippen LogP contribution is -2.36. The number of halogens is 3. The first-order valence-electron chi connectivity index (χ1n) is 11.0. The number of Topliss-reactive ketones (excluding diaryl/α,β-unsaturated/α-hetero) is 1. The number of benzene rings is 1. The number of alkyl halides is 3. The number of hydrogen-bond donors (Lipinski definition) is 0. The van der Waals surface area contributed by atoms with Gasteiger partial charge in [0.05, 0.1) is 19.2 Å². The van der Waals surface area contributed by atoms with E-state index in [1.165, 1.54) is 7.11 Å². The lowest BCUT2D eigenvalue weighted by atomic mass is 9.93. The van der Waals surface area contributed by atoms with Crippen LogP contribution in [0.3, 0.4) is 0 Å². The summed E-state index contributed by atoms with van der Waals surface area (Å²) < 4.78 is 46.2. The predicted molar refractivity (Wildman–Crippen MR) is 123 cm³/mol. The van der Waals surface area contributed by atoms with Crippen molar-refractivity contribution in [3.05, 3.63) is 52.1 Å². The van der Waals surface area contributed by atoms with E-state index in [9.17, 15) is 22.8 Å². The van der Waals surface area contributed by atoms with Gasteiger partial charge in [0.2, 0.25) is 5.82 Å². The number of aromatic nitrogens is 3. The topological polar surface area (TPSA) is 77.3 Å². The molecule has 34 heavy (non-hydrogen) atoms. The third-order valence-electron chi connectivity index (χ3n) is 6.03. The van der Waals surface area contributed by atoms with E-state index in [4.69, 9.17) is 4.74 Å². The number of methoxy groups -OCH3 is 1. The van der Waals surface area contributed by atoms with Crippen molar-refractivity contribution in [3.8, 4) is 0 Å². The number of fused-ring (bicyclic) bond motifs is 1. The molecule has 0 aliphatic carbocycles. The van der Waals surface area contributed by atoms with Gasteiger partial charge < -0.3 is 9.64 Å². The third kappa shape index (κ3) is 4.85. The number of thiazole rings is 1. The molecule has 2 aromatic heterocycles. The molecule has 0 radical (unpaired) electrons. The summed E-state index contributed by atoms with van der Waals surface area (Å²) in [6.07, 6.45) is -3.07. The van der Waals surface area contributed by atoms with Crippen LogP contribution in [-0.4, -0.2) is 46.6 Å². The molecule has 1 fully saturated rings. The maximum atomic E-state index is 13.6. The van der Waals surface area contributed by atoms with E-state index >= 15 is 0 Å². The highest BCUT2D eigenvalue weighted by molar-refractivity contribution is 7.21. The van der Waals surface area contributed by atoms with E-state index in [1.54, 1.807) is 4.90 Å². The predicted octanol–water partition coefficient (Wildman–Crippen LogP) is 4.25. The number of rotatable bonds is 8. The Kier molecular flexibility index (Phi) is 7.04. The van der Waals surface area contributed by atoms with Gasteiger partial charge in [0.15, 0.2) is 21.3 Å². The second kappa shape index (κ2) is 9.83. The van der Waals surface area contributed by atoms with Crippen LogP contribution < -0.4 is 10.5 Å². The van der Waals surface area contributed by atoms with Crippen molar-refractivity contribution < 1.29 is 22.7 Å². The van der Waals surface area contributed by atoms with Gasteiger partial charge >= 0.3 is 6.18 Å². The lowest BCUT2D eigenvalue weighted by Gasteiger charge is -2.24. The molecular weight excluding hydrogens is 469 g/mol. The Hall–Kier alpha value is -2.79. The number of ether oxygens (including phenoxy) is 1. The van der Waals surface area contributed by atoms with E-state index < -0.39 is 23.6 Å². The molecule has 2 atom stereocenters. The van der Waals surface area contributed by atoms with E-state index in [-0.39, 0.29) is 35.2 Å². The van der Waals surface area contributed by atoms with Crippen LogP contribution >= 0.6 is 11.3 Å². The van der Waals surface area contributed by atoms with Crippen molar-refractivity contribution in [2.24, 2.45) is 0 Å². The first-order valence-corrected chi connectivity index (χ1v) is 11.8. The first kappa shape index (κ1) is 24.3. The molecule has 1 aliphatic heterocycles. The monoisotopic (exact) mass is 494 g/mol. The minimum Gasteiger partial charge on any atom is -0.383 e. The van der Waals surface area contributed by atoms with Crippen molar-refractivity contribution in [2.75, 3.05) is 25.2 Å². The quantitative estimate of drug-likeness (QED) is 0.466. The van der Waals surface area contributed by atoms with Crippen LogP contribution in [0.4, 0.5) is 18.3 Å². The van der Waals surface area contributed by atoms with E-state index in [0.717, 1.165) is 23.3 Å². The molecule has 3 aromatic rings. The van der Waals surface area contributed by atoms with Gasteiger partial charge in [-0.05, 0) is 24.3 Å². The van der Waals surface area contributed by atoms with Crippen LogP contribution in [0.5, 0.6) is 0 Å². The van der Waals surface area contributed by atoms with Crippen LogP contribution in [0.15, 0.2) is 35.1 Å². The highest BCUT2D eigenvalue weighted by Gasteiger charge is 2.39. The number of anilines is 1. The summed E-state index contributed by atoms with van der Waals surface area (Å²) in [7, 11) is 1.34. The summed E-state index contributed by atoms with van der Waals surface area (Å²) in [4.78, 5) is 35.8. The van der Waals surface area contributed by atoms with E-state index in [2.05, 4.69) is 9.97 Å². The van der Waals surface area contributed by atoms with Gasteiger partial charge in [-0.25, -0.2) is 9.97 Å². The number of carbonyl (C=O) groups is 1. The summed E-state index contributed by atoms with van der Waals surface area (Å²) in [5.74, 6) is -1.19. The highest BCUT2D eigenvalue weighted by atomic mass is 32.1. The Morgan fingerprint density at radius 2 is 2.00 bits per heavy atom. The Labute approximate surface area is 198 Å². The van der Waals surface area contributed by atoms with Crippen molar-refractivity contribution in [1.29, 1.82) is 0 Å². The largest absolute Gasteiger partial charge is 0.449 e. The minimum absolute atomic E-state index is 0.0375. The molecule has 0 bridgehead atoms. The fourth-order valence-electron chi connectivity index (χ4n) is 4.29. The summed E-state index contributed by atoms with van der Waals surface area (Å²) in [6.45, 7) is 2.17. The molecule has 1 saturated heterocycles. The van der Waals surface area contributed by atoms with Crippen molar-refractivity contribution in [2.45, 2.75) is 50.9 Å². The Morgan fingerprint density at radius 1 is 1.26 bits per heavy atom. The fraction of sp³-hybridized carbons (Fsp3) is 0.478. The molecule has 0 spiro atoms. The fourth-order valence-corrected chi connectivity index (χ4v) is 5.30. The minimum atomic E-state index is -4.80. The van der Waals surface area contributed by atoms with E-state index in [0.29, 0.717) is 29.1 Å². The molecule has 3 heterocycles. The summed E-state index contributed by atoms with van der Waals surface area (Å²) in [5, 5.41) is 0.348. The molecule has 11 heteroatoms. The van der Waals surface area contributed by atoms with Crippen molar-refractivity contribution >= 4 is 32.6 Å². The van der Waals surface area contributed by atoms with Gasteiger partial charge in [-0.1, -0.05) is 48.6 Å². The van der Waals surface area contributed by atoms with Crippen molar-refractivity contribution in [1.82, 2.24) is 14.5 Å². The second-order valence-corrected chi connectivity index (χ2v) is 9.32. The molecule has 1 aromatic carbocycles. The molecule has 1 aliphatic rings. The third-order valence-corrected chi connectivity index (χ3v) is 7.01. The summed E-state index contributed by atoms with van der Waals surface area (Å²) >= 11 is 0.915. The molecule has 0 amide bonds. The molecule has 0 saturated carbocycles. The lowest BCUT2D eigenvalue weighted by molar-refractivity contribution is -0.148. The molecular formula is C23H25F3N4O3S. The normalized spacial score (nSPS) is 17.4. The van der Waals surface area contributed by atoms with Crippen molar-refractivity contribution in [3.63, 3.8) is 0 Å². The number of nitrogens with zero attached hydrogens (tertiary/aromatic N) is 4. The van der Waals surface area contributed by atoms with Gasteiger partial charge in [0.1, 0.15) is 0 Å². The zero-order valence-electron chi connectivity index (χ0n) is 18.8. The number of hydrogen-bond acceptors (Lipinski definition) is 7. The van der Waals surface area contributed by atoms with Crippen LogP contribution in [0.1, 0.15) is 43.5 Å². The van der Waals surface area contributed by atoms with Crippen LogP contribution in [-0.2, 0) is 22.3 Å². The number of carbonyl (C=O) groups excluding carboxylic acids is 1. The van der Waals surface area contributed by atoms with E-state index in [1.807, 2.05) is 37.3 Å². The summed E-state index contributed by atoms with van der Waals surface area (Å²) in [6, 6.07) is 9.32. The number of ketones is 1. The SMILES string of the molecule is COCCn1c(C(F)(F)F)nc2sc(N3CCC[C@@H]3C(=O)C[C@H](C)c3ccccc3)nc2c1=O. The van der Waals surface area contributed by atoms with Gasteiger partial charge in [0.25, 0.3) is 5.56 Å². The zero-order chi connectivity index (χ0) is 24.5. The zero-order valence-corrected chi connectivity index (χ0v) is 19.7. The second-order valence-electron chi connectivity index (χ2n) is 8.37. The maximum absolute atomic E-state index is 13.6. The smallest absolute Gasteiger partial charge is 0.383 e. The highest BCUT2D eigenvalue weighted by Crippen LogP contribution is 2.35. The average Bonchev–Trinajstić information content (AvgIpc) is 3.45.